The third kappa shape index (κ3) is 5.54. The maximum atomic E-state index is 12.3. The monoisotopic (exact) mass is 471 g/mol. The third-order valence-corrected chi connectivity index (χ3v) is 5.41. The van der Waals surface area contributed by atoms with E-state index >= 15 is 0 Å². The number of nitrogens with one attached hydrogen (secondary N) is 4. The molecule has 4 rings (SSSR count). The number of imidazole rings is 1. The number of fused-ring (bicyclic) bond motifs is 1. The maximum absolute atomic E-state index is 12.3. The van der Waals surface area contributed by atoms with E-state index in [0.717, 1.165) is 35.5 Å². The van der Waals surface area contributed by atoms with Crippen molar-refractivity contribution in [2.75, 3.05) is 32.0 Å². The molecule has 178 valence electrons. The van der Waals surface area contributed by atoms with E-state index in [1.807, 2.05) is 35.0 Å². The highest BCUT2D eigenvalue weighted by Crippen LogP contribution is 2.25. The number of urea groups is 1. The molecule has 0 aliphatic carbocycles. The molecule has 1 aliphatic heterocycles. The van der Waals surface area contributed by atoms with Crippen molar-refractivity contribution < 1.29 is 18.0 Å². The Morgan fingerprint density at radius 1 is 1.26 bits per heavy atom. The second kappa shape index (κ2) is 9.56. The van der Waals surface area contributed by atoms with Crippen LogP contribution in [0.15, 0.2) is 55.0 Å². The molecule has 2 aromatic heterocycles. The number of halogens is 3. The van der Waals surface area contributed by atoms with Crippen molar-refractivity contribution in [1.29, 1.82) is 5.41 Å². The van der Waals surface area contributed by atoms with Gasteiger partial charge in [-0.25, -0.2) is 9.78 Å². The largest absolute Gasteiger partial charge is 0.405 e. The number of nitrogens with zero attached hydrogens (tertiary/aromatic N) is 3. The van der Waals surface area contributed by atoms with Gasteiger partial charge in [-0.15, -0.1) is 0 Å². The van der Waals surface area contributed by atoms with Crippen molar-refractivity contribution in [3.63, 3.8) is 0 Å². The second-order valence-corrected chi connectivity index (χ2v) is 8.12. The first-order valence-corrected chi connectivity index (χ1v) is 10.6. The highest BCUT2D eigenvalue weighted by molar-refractivity contribution is 6.08. The topological polar surface area (TPSA) is 97.5 Å². The van der Waals surface area contributed by atoms with Crippen LogP contribution >= 0.6 is 0 Å². The lowest BCUT2D eigenvalue weighted by molar-refractivity contribution is -0.122. The third-order valence-electron chi connectivity index (χ3n) is 5.41. The average Bonchev–Trinajstić information content (AvgIpc) is 3.20. The highest BCUT2D eigenvalue weighted by atomic mass is 19.4. The van der Waals surface area contributed by atoms with Crippen LogP contribution in [0.1, 0.15) is 5.56 Å². The summed E-state index contributed by atoms with van der Waals surface area (Å²) in [7, 11) is 2.05. The van der Waals surface area contributed by atoms with E-state index in [0.29, 0.717) is 17.4 Å². The van der Waals surface area contributed by atoms with Gasteiger partial charge in [0.15, 0.2) is 0 Å². The summed E-state index contributed by atoms with van der Waals surface area (Å²) in [5.41, 5.74) is 4.08. The molecule has 3 heterocycles. The van der Waals surface area contributed by atoms with Crippen LogP contribution in [0.25, 0.3) is 22.5 Å². The first-order chi connectivity index (χ1) is 16.2. The van der Waals surface area contributed by atoms with Crippen molar-refractivity contribution in [2.45, 2.75) is 12.2 Å². The van der Waals surface area contributed by atoms with Crippen molar-refractivity contribution in [2.24, 2.45) is 0 Å². The molecule has 1 saturated heterocycles. The molecule has 0 unspecified atom stereocenters. The number of aromatic nitrogens is 2. The number of anilines is 1. The highest BCUT2D eigenvalue weighted by Gasteiger charge is 2.27. The van der Waals surface area contributed by atoms with E-state index in [1.54, 1.807) is 29.7 Å². The molecule has 1 fully saturated rings. The Bertz CT molecular complexity index is 1230. The minimum atomic E-state index is -4.48. The smallest absolute Gasteiger partial charge is 0.385 e. The lowest BCUT2D eigenvalue weighted by atomic mass is 10.1. The van der Waals surface area contributed by atoms with Gasteiger partial charge >= 0.3 is 12.2 Å². The summed E-state index contributed by atoms with van der Waals surface area (Å²) in [5, 5.41) is 15.3. The molecule has 0 radical (unpaired) electrons. The van der Waals surface area contributed by atoms with Gasteiger partial charge in [-0.3, -0.25) is 4.40 Å². The number of benzene rings is 1. The Kier molecular flexibility index (Phi) is 6.55. The molecule has 8 nitrogen and oxygen atoms in total. The van der Waals surface area contributed by atoms with Crippen LogP contribution in [0.5, 0.6) is 0 Å². The van der Waals surface area contributed by atoms with Crippen LogP contribution in [0, 0.1) is 5.41 Å². The van der Waals surface area contributed by atoms with Gasteiger partial charge in [-0.05, 0) is 36.9 Å². The molecular weight excluding hydrogens is 447 g/mol. The predicted molar refractivity (Wildman–Crippen MR) is 125 cm³/mol. The number of allylic oxidation sites excluding steroid dienone is 1. The maximum Gasteiger partial charge on any atom is 0.405 e. The Morgan fingerprint density at radius 2 is 2.06 bits per heavy atom. The first kappa shape index (κ1) is 23.3. The quantitative estimate of drug-likeness (QED) is 0.396. The summed E-state index contributed by atoms with van der Waals surface area (Å²) in [4.78, 5) is 18.4. The standard InChI is InChI=1S/C23H24F3N7O/c1-32-12-19(13-32)28-10-17(9-27)15-5-6-33-20(11-29-21(33)8-15)16-3-2-4-18(7-16)31-22(34)30-14-23(24,25)26/h2-11,19,27-28H,12-14H2,1H3,(H2,30,31,34)/b17-10+,27-9?. The molecule has 34 heavy (non-hydrogen) atoms. The Hall–Kier alpha value is -3.86. The summed E-state index contributed by atoms with van der Waals surface area (Å²) < 4.78 is 38.7. The summed E-state index contributed by atoms with van der Waals surface area (Å²) in [6.45, 7) is 0.512. The fraction of sp³-hybridized carbons (Fsp3) is 0.261. The number of amides is 2. The van der Waals surface area contributed by atoms with Gasteiger partial charge in [-0.2, -0.15) is 13.2 Å². The van der Waals surface area contributed by atoms with E-state index in [2.05, 4.69) is 27.6 Å². The van der Waals surface area contributed by atoms with Crippen LogP contribution in [0.2, 0.25) is 0 Å². The number of hydrogen-bond acceptors (Lipinski definition) is 5. The molecule has 11 heteroatoms. The molecule has 3 aromatic rings. The van der Waals surface area contributed by atoms with Crippen LogP contribution in [0.3, 0.4) is 0 Å². The zero-order valence-corrected chi connectivity index (χ0v) is 18.4. The zero-order valence-electron chi connectivity index (χ0n) is 18.4. The van der Waals surface area contributed by atoms with Crippen molar-refractivity contribution >= 4 is 29.2 Å². The predicted octanol–water partition coefficient (Wildman–Crippen LogP) is 3.58. The molecule has 1 aliphatic rings. The van der Waals surface area contributed by atoms with E-state index in [-0.39, 0.29) is 0 Å². The number of likely N-dealkylation sites (N-methyl/N-ethyl adjacent to an activating group) is 1. The fourth-order valence-electron chi connectivity index (χ4n) is 3.71. The van der Waals surface area contributed by atoms with Gasteiger partial charge in [0.2, 0.25) is 0 Å². The van der Waals surface area contributed by atoms with E-state index in [1.165, 1.54) is 6.21 Å². The van der Waals surface area contributed by atoms with E-state index in [9.17, 15) is 18.0 Å². The van der Waals surface area contributed by atoms with Crippen molar-refractivity contribution in [3.8, 4) is 11.3 Å². The summed E-state index contributed by atoms with van der Waals surface area (Å²) in [6, 6.07) is 9.96. The van der Waals surface area contributed by atoms with Crippen LogP contribution in [0.4, 0.5) is 23.7 Å². The molecule has 1 aromatic carbocycles. The van der Waals surface area contributed by atoms with Gasteiger partial charge in [-0.1, -0.05) is 12.1 Å². The SMILES string of the molecule is CN1CC(N/C=C(\C=N)c2ccn3c(-c4cccc(NC(=O)NCC(F)(F)F)c4)cnc3c2)C1. The number of likely N-dealkylation sites (tertiary alicyclic amines) is 1. The molecule has 0 saturated carbocycles. The molecule has 4 N–H and O–H groups in total. The second-order valence-electron chi connectivity index (χ2n) is 8.12. The molecule has 0 spiro atoms. The summed E-state index contributed by atoms with van der Waals surface area (Å²) in [6.07, 6.45) is 2.18. The first-order valence-electron chi connectivity index (χ1n) is 10.6. The molecular formula is C23H24F3N7O. The molecule has 2 amide bonds. The minimum absolute atomic E-state index is 0.352. The number of carbonyl (C=O) groups is 1. The van der Waals surface area contributed by atoms with Gasteiger partial charge < -0.3 is 26.3 Å². The van der Waals surface area contributed by atoms with Crippen LogP contribution in [-0.2, 0) is 0 Å². The number of carbonyl (C=O) groups excluding carboxylic acids is 1. The number of hydrogen-bond donors (Lipinski definition) is 4. The number of alkyl halides is 3. The average molecular weight is 471 g/mol. The normalized spacial score (nSPS) is 15.1. The van der Waals surface area contributed by atoms with Gasteiger partial charge in [0.1, 0.15) is 12.2 Å². The Labute approximate surface area is 194 Å². The lowest BCUT2D eigenvalue weighted by Gasteiger charge is -2.36. The van der Waals surface area contributed by atoms with Gasteiger partial charge in [0, 0.05) is 48.5 Å². The zero-order chi connectivity index (χ0) is 24.3. The number of rotatable bonds is 7. The van der Waals surface area contributed by atoms with E-state index < -0.39 is 18.8 Å². The fourth-order valence-corrected chi connectivity index (χ4v) is 3.71. The molecule has 0 atom stereocenters. The van der Waals surface area contributed by atoms with Gasteiger partial charge in [0.25, 0.3) is 0 Å². The minimum Gasteiger partial charge on any atom is -0.385 e. The van der Waals surface area contributed by atoms with E-state index in [4.69, 9.17) is 5.41 Å². The lowest BCUT2D eigenvalue weighted by Crippen LogP contribution is -2.54. The van der Waals surface area contributed by atoms with Crippen molar-refractivity contribution in [3.05, 3.63) is 60.6 Å². The molecule has 0 bridgehead atoms. The Morgan fingerprint density at radius 3 is 2.76 bits per heavy atom. The van der Waals surface area contributed by atoms with Crippen LogP contribution < -0.4 is 16.0 Å². The van der Waals surface area contributed by atoms with Crippen molar-refractivity contribution in [1.82, 2.24) is 24.9 Å². The summed E-state index contributed by atoms with van der Waals surface area (Å²) in [5.74, 6) is 0. The van der Waals surface area contributed by atoms with Gasteiger partial charge in [0.05, 0.1) is 17.9 Å². The number of pyridine rings is 1. The Balaban J connectivity index is 1.51. The summed E-state index contributed by atoms with van der Waals surface area (Å²) >= 11 is 0. The van der Waals surface area contributed by atoms with Crippen LogP contribution in [-0.4, -0.2) is 65.4 Å².